The molecular weight excluding hydrogens is 174 g/mol. The van der Waals surface area contributed by atoms with E-state index in [0.717, 1.165) is 12.8 Å². The second-order valence-electron chi connectivity index (χ2n) is 5.23. The maximum Gasteiger partial charge on any atom is 0.230 e. The fourth-order valence-corrected chi connectivity index (χ4v) is 2.35. The van der Waals surface area contributed by atoms with Gasteiger partial charge in [-0.1, -0.05) is 31.4 Å². The van der Waals surface area contributed by atoms with Gasteiger partial charge in [0.15, 0.2) is 0 Å². The van der Waals surface area contributed by atoms with Crippen molar-refractivity contribution in [2.75, 3.05) is 0 Å². The van der Waals surface area contributed by atoms with Crippen molar-refractivity contribution in [3.8, 4) is 0 Å². The van der Waals surface area contributed by atoms with E-state index in [9.17, 15) is 4.79 Å². The summed E-state index contributed by atoms with van der Waals surface area (Å²) in [6.07, 6.45) is 10.3. The molecule has 1 fully saturated rings. The quantitative estimate of drug-likeness (QED) is 0.588. The highest BCUT2D eigenvalue weighted by Crippen LogP contribution is 2.35. The number of hydrogen-bond acceptors (Lipinski definition) is 1. The lowest BCUT2D eigenvalue weighted by atomic mass is 9.75. The van der Waals surface area contributed by atoms with E-state index in [0.29, 0.717) is 0 Å². The number of hydrogen-bond donors (Lipinski definition) is 1. The normalized spacial score (nSPS) is 28.9. The molecule has 1 N–H and O–H groups in total. The van der Waals surface area contributed by atoms with Gasteiger partial charge in [-0.05, 0) is 26.7 Å². The van der Waals surface area contributed by atoms with Crippen LogP contribution < -0.4 is 5.32 Å². The first-order valence-corrected chi connectivity index (χ1v) is 5.57. The summed E-state index contributed by atoms with van der Waals surface area (Å²) in [7, 11) is 0. The molecule has 1 aliphatic carbocycles. The lowest BCUT2D eigenvalue weighted by Crippen LogP contribution is -2.55. The van der Waals surface area contributed by atoms with Crippen LogP contribution >= 0.6 is 0 Å². The SMILES string of the molecule is CC1(C)C=CC2(CCCCC2)NC1=O. The number of nitrogens with one attached hydrogen (secondary N) is 1. The van der Waals surface area contributed by atoms with Crippen LogP contribution in [0.3, 0.4) is 0 Å². The average Bonchev–Trinajstić information content (AvgIpc) is 2.15. The predicted octanol–water partition coefficient (Wildman–Crippen LogP) is 2.40. The van der Waals surface area contributed by atoms with Gasteiger partial charge in [-0.25, -0.2) is 0 Å². The van der Waals surface area contributed by atoms with Gasteiger partial charge in [0.05, 0.1) is 11.0 Å². The zero-order valence-electron chi connectivity index (χ0n) is 9.10. The Bertz CT molecular complexity index is 272. The lowest BCUT2D eigenvalue weighted by molar-refractivity contribution is -0.129. The maximum atomic E-state index is 11.8. The van der Waals surface area contributed by atoms with Gasteiger partial charge >= 0.3 is 0 Å². The van der Waals surface area contributed by atoms with Gasteiger partial charge in [0.2, 0.25) is 5.91 Å². The molecular formula is C12H19NO. The molecule has 2 aliphatic rings. The highest BCUT2D eigenvalue weighted by molar-refractivity contribution is 5.86. The summed E-state index contributed by atoms with van der Waals surface area (Å²) in [5.74, 6) is 0.182. The van der Waals surface area contributed by atoms with E-state index in [1.54, 1.807) is 0 Å². The van der Waals surface area contributed by atoms with Crippen molar-refractivity contribution in [1.82, 2.24) is 5.32 Å². The highest BCUT2D eigenvalue weighted by atomic mass is 16.2. The van der Waals surface area contributed by atoms with E-state index in [2.05, 4.69) is 17.5 Å². The van der Waals surface area contributed by atoms with E-state index in [1.807, 2.05) is 13.8 Å². The first kappa shape index (κ1) is 9.75. The molecule has 1 amide bonds. The van der Waals surface area contributed by atoms with E-state index in [4.69, 9.17) is 0 Å². The minimum absolute atomic E-state index is 0.00481. The summed E-state index contributed by atoms with van der Waals surface area (Å²) in [5.41, 5.74) is -0.312. The van der Waals surface area contributed by atoms with Crippen LogP contribution in [0, 0.1) is 5.41 Å². The van der Waals surface area contributed by atoms with Crippen LogP contribution in [0.5, 0.6) is 0 Å². The molecule has 1 saturated carbocycles. The lowest BCUT2D eigenvalue weighted by Gasteiger charge is -2.41. The molecule has 2 heteroatoms. The van der Waals surface area contributed by atoms with Crippen molar-refractivity contribution in [3.05, 3.63) is 12.2 Å². The third-order valence-electron chi connectivity index (χ3n) is 3.51. The molecule has 1 heterocycles. The van der Waals surface area contributed by atoms with Crippen molar-refractivity contribution >= 4 is 5.91 Å². The Labute approximate surface area is 85.8 Å². The summed E-state index contributed by atoms with van der Waals surface area (Å²) >= 11 is 0. The van der Waals surface area contributed by atoms with E-state index >= 15 is 0 Å². The molecule has 2 rings (SSSR count). The first-order valence-electron chi connectivity index (χ1n) is 5.57. The van der Waals surface area contributed by atoms with Crippen molar-refractivity contribution in [2.45, 2.75) is 51.5 Å². The van der Waals surface area contributed by atoms with Crippen molar-refractivity contribution in [3.63, 3.8) is 0 Å². The molecule has 0 atom stereocenters. The third-order valence-corrected chi connectivity index (χ3v) is 3.51. The molecule has 0 aromatic heterocycles. The standard InChI is InChI=1S/C12H19NO/c1-11(2)8-9-12(13-10(11)14)6-4-3-5-7-12/h8-9H,3-7H2,1-2H3,(H,13,14). The van der Waals surface area contributed by atoms with Crippen molar-refractivity contribution < 1.29 is 4.79 Å². The third kappa shape index (κ3) is 1.58. The zero-order chi connectivity index (χ0) is 10.2. The number of carbonyl (C=O) groups is 1. The Morgan fingerprint density at radius 1 is 1.14 bits per heavy atom. The van der Waals surface area contributed by atoms with Gasteiger partial charge in [-0.15, -0.1) is 0 Å². The number of carbonyl (C=O) groups excluding carboxylic acids is 1. The molecule has 2 nitrogen and oxygen atoms in total. The van der Waals surface area contributed by atoms with Gasteiger partial charge in [-0.2, -0.15) is 0 Å². The van der Waals surface area contributed by atoms with Gasteiger partial charge in [-0.3, -0.25) is 4.79 Å². The molecule has 0 unspecified atom stereocenters. The largest absolute Gasteiger partial charge is 0.346 e. The van der Waals surface area contributed by atoms with Crippen molar-refractivity contribution in [1.29, 1.82) is 0 Å². The molecule has 0 radical (unpaired) electrons. The van der Waals surface area contributed by atoms with Gasteiger partial charge in [0.1, 0.15) is 0 Å². The Balaban J connectivity index is 2.21. The fraction of sp³-hybridized carbons (Fsp3) is 0.750. The van der Waals surface area contributed by atoms with E-state index < -0.39 is 0 Å². The second kappa shape index (κ2) is 3.11. The maximum absolute atomic E-state index is 11.8. The Morgan fingerprint density at radius 2 is 1.79 bits per heavy atom. The van der Waals surface area contributed by atoms with Crippen LogP contribution in [0.15, 0.2) is 12.2 Å². The van der Waals surface area contributed by atoms with Crippen LogP contribution in [0.1, 0.15) is 46.0 Å². The predicted molar refractivity (Wildman–Crippen MR) is 56.9 cm³/mol. The summed E-state index contributed by atoms with van der Waals surface area (Å²) < 4.78 is 0. The Kier molecular flexibility index (Phi) is 2.17. The second-order valence-corrected chi connectivity index (χ2v) is 5.23. The molecule has 14 heavy (non-hydrogen) atoms. The molecule has 78 valence electrons. The first-order chi connectivity index (χ1) is 6.54. The fourth-order valence-electron chi connectivity index (χ4n) is 2.35. The van der Waals surface area contributed by atoms with Crippen LogP contribution in [0.2, 0.25) is 0 Å². The molecule has 0 aromatic rings. The summed E-state index contributed by atoms with van der Waals surface area (Å²) in [6.45, 7) is 3.93. The Hall–Kier alpha value is -0.790. The minimum atomic E-state index is -0.317. The van der Waals surface area contributed by atoms with E-state index in [-0.39, 0.29) is 16.9 Å². The summed E-state index contributed by atoms with van der Waals surface area (Å²) in [6, 6.07) is 0. The molecule has 0 bridgehead atoms. The van der Waals surface area contributed by atoms with Crippen LogP contribution in [0.25, 0.3) is 0 Å². The zero-order valence-corrected chi connectivity index (χ0v) is 9.10. The summed E-state index contributed by atoms with van der Waals surface area (Å²) in [5, 5.41) is 3.20. The van der Waals surface area contributed by atoms with Gasteiger partial charge in [0, 0.05) is 0 Å². The number of amides is 1. The van der Waals surface area contributed by atoms with Gasteiger partial charge < -0.3 is 5.32 Å². The topological polar surface area (TPSA) is 29.1 Å². The molecule has 0 saturated heterocycles. The smallest absolute Gasteiger partial charge is 0.230 e. The monoisotopic (exact) mass is 193 g/mol. The van der Waals surface area contributed by atoms with Crippen molar-refractivity contribution in [2.24, 2.45) is 5.41 Å². The molecule has 0 aromatic carbocycles. The Morgan fingerprint density at radius 3 is 2.36 bits per heavy atom. The molecule has 1 spiro atoms. The minimum Gasteiger partial charge on any atom is -0.346 e. The van der Waals surface area contributed by atoms with Gasteiger partial charge in [0.25, 0.3) is 0 Å². The average molecular weight is 193 g/mol. The van der Waals surface area contributed by atoms with Crippen LogP contribution in [-0.2, 0) is 4.79 Å². The van der Waals surface area contributed by atoms with E-state index in [1.165, 1.54) is 19.3 Å². The van der Waals surface area contributed by atoms with Crippen LogP contribution in [0.4, 0.5) is 0 Å². The number of rotatable bonds is 0. The van der Waals surface area contributed by atoms with Crippen LogP contribution in [-0.4, -0.2) is 11.4 Å². The highest BCUT2D eigenvalue weighted by Gasteiger charge is 2.39. The molecule has 1 aliphatic heterocycles. The summed E-state index contributed by atoms with van der Waals surface area (Å²) in [4.78, 5) is 11.8.